The van der Waals surface area contributed by atoms with Crippen molar-refractivity contribution in [3.8, 4) is 5.69 Å². The number of guanidine groups is 1. The van der Waals surface area contributed by atoms with Gasteiger partial charge in [-0.15, -0.1) is 24.0 Å². The second kappa shape index (κ2) is 7.13. The number of nitrogens with one attached hydrogen (secondary N) is 1. The molecule has 6 heteroatoms. The van der Waals surface area contributed by atoms with Crippen molar-refractivity contribution in [2.75, 3.05) is 20.1 Å². The fourth-order valence-corrected chi connectivity index (χ4v) is 2.64. The van der Waals surface area contributed by atoms with Crippen molar-refractivity contribution in [1.29, 1.82) is 0 Å². The van der Waals surface area contributed by atoms with Crippen molar-refractivity contribution in [3.63, 3.8) is 0 Å². The van der Waals surface area contributed by atoms with Gasteiger partial charge in [-0.25, -0.2) is 4.68 Å². The summed E-state index contributed by atoms with van der Waals surface area (Å²) in [4.78, 5) is 6.61. The van der Waals surface area contributed by atoms with Crippen LogP contribution in [0.15, 0.2) is 35.3 Å². The lowest BCUT2D eigenvalue weighted by Crippen LogP contribution is -2.35. The number of hydrogen-bond donors (Lipinski definition) is 1. The van der Waals surface area contributed by atoms with E-state index in [9.17, 15) is 0 Å². The fraction of sp³-hybridized carbons (Fsp3) is 0.375. The third kappa shape index (κ3) is 3.26. The summed E-state index contributed by atoms with van der Waals surface area (Å²) in [5, 5.41) is 8.08. The van der Waals surface area contributed by atoms with E-state index in [0.29, 0.717) is 0 Å². The molecular formula is C16H22IN5. The molecule has 0 saturated heterocycles. The number of likely N-dealkylation sites (N-methyl/N-ethyl adjacent to an activating group) is 1. The number of hydrogen-bond acceptors (Lipinski definition) is 4. The molecule has 3 rings (SSSR count). The Morgan fingerprint density at radius 2 is 1.91 bits per heavy atom. The summed E-state index contributed by atoms with van der Waals surface area (Å²) in [6.45, 7) is 6.80. The lowest BCUT2D eigenvalue weighted by atomic mass is 10.2. The quantitative estimate of drug-likeness (QED) is 0.790. The van der Waals surface area contributed by atoms with Gasteiger partial charge in [0.15, 0.2) is 5.96 Å². The molecule has 1 aliphatic rings. The minimum Gasteiger partial charge on any atom is -0.352 e. The molecule has 0 saturated carbocycles. The van der Waals surface area contributed by atoms with E-state index < -0.39 is 0 Å². The monoisotopic (exact) mass is 411 g/mol. The predicted octanol–water partition coefficient (Wildman–Crippen LogP) is 2.50. The SMILES string of the molecule is Cc1nn(-c2ccccc2)c(C)c1CNC1=NCCN1C.I. The number of aromatic nitrogens is 2. The van der Waals surface area contributed by atoms with Crippen LogP contribution in [-0.4, -0.2) is 40.8 Å². The molecule has 2 aromatic rings. The van der Waals surface area contributed by atoms with E-state index in [2.05, 4.69) is 53.3 Å². The van der Waals surface area contributed by atoms with Gasteiger partial charge in [-0.3, -0.25) is 4.99 Å². The summed E-state index contributed by atoms with van der Waals surface area (Å²) in [5.41, 5.74) is 4.57. The summed E-state index contributed by atoms with van der Waals surface area (Å²) in [6, 6.07) is 10.2. The Bertz CT molecular complexity index is 663. The van der Waals surface area contributed by atoms with Crippen molar-refractivity contribution in [2.45, 2.75) is 20.4 Å². The first kappa shape index (κ1) is 16.8. The van der Waals surface area contributed by atoms with Crippen LogP contribution in [0, 0.1) is 13.8 Å². The van der Waals surface area contributed by atoms with Gasteiger partial charge in [-0.1, -0.05) is 18.2 Å². The molecule has 1 aliphatic heterocycles. The lowest BCUT2D eigenvalue weighted by Gasteiger charge is -2.15. The van der Waals surface area contributed by atoms with Crippen LogP contribution in [0.4, 0.5) is 0 Å². The lowest BCUT2D eigenvalue weighted by molar-refractivity contribution is 0.533. The van der Waals surface area contributed by atoms with Gasteiger partial charge < -0.3 is 10.2 Å². The first-order valence-corrected chi connectivity index (χ1v) is 7.27. The Balaban J connectivity index is 0.00000176. The third-order valence-corrected chi connectivity index (χ3v) is 3.92. The standard InChI is InChI=1S/C16H21N5.HI/c1-12-15(11-18-16-17-9-10-20(16)3)13(2)21(19-12)14-7-5-4-6-8-14;/h4-8H,9-11H2,1-3H3,(H,17,18);1H. The molecule has 0 aliphatic carbocycles. The van der Waals surface area contributed by atoms with Gasteiger partial charge in [0, 0.05) is 31.4 Å². The van der Waals surface area contributed by atoms with Crippen LogP contribution in [0.25, 0.3) is 5.69 Å². The van der Waals surface area contributed by atoms with E-state index in [1.165, 1.54) is 11.3 Å². The molecule has 5 nitrogen and oxygen atoms in total. The summed E-state index contributed by atoms with van der Waals surface area (Å²) in [7, 11) is 2.06. The van der Waals surface area contributed by atoms with E-state index >= 15 is 0 Å². The minimum atomic E-state index is 0. The molecule has 22 heavy (non-hydrogen) atoms. The smallest absolute Gasteiger partial charge is 0.194 e. The number of aliphatic imine (C=N–C) groups is 1. The Morgan fingerprint density at radius 3 is 2.55 bits per heavy atom. The molecule has 0 spiro atoms. The van der Waals surface area contributed by atoms with Gasteiger partial charge in [-0.2, -0.15) is 5.10 Å². The fourth-order valence-electron chi connectivity index (χ4n) is 2.64. The topological polar surface area (TPSA) is 45.5 Å². The first-order valence-electron chi connectivity index (χ1n) is 7.27. The molecule has 0 unspecified atom stereocenters. The molecule has 0 amide bonds. The summed E-state index contributed by atoms with van der Waals surface area (Å²) in [6.07, 6.45) is 0. The van der Waals surface area contributed by atoms with Gasteiger partial charge in [0.05, 0.1) is 17.9 Å². The van der Waals surface area contributed by atoms with E-state index in [1.807, 2.05) is 22.9 Å². The zero-order valence-corrected chi connectivity index (χ0v) is 15.5. The second-order valence-electron chi connectivity index (χ2n) is 5.38. The highest BCUT2D eigenvalue weighted by atomic mass is 127. The van der Waals surface area contributed by atoms with Gasteiger partial charge in [0.1, 0.15) is 0 Å². The molecule has 1 aromatic carbocycles. The number of aryl methyl sites for hydroxylation is 1. The molecule has 1 aromatic heterocycles. The largest absolute Gasteiger partial charge is 0.352 e. The maximum atomic E-state index is 4.67. The maximum absolute atomic E-state index is 4.67. The van der Waals surface area contributed by atoms with E-state index in [0.717, 1.165) is 37.0 Å². The Hall–Kier alpha value is -1.57. The van der Waals surface area contributed by atoms with Crippen molar-refractivity contribution >= 4 is 29.9 Å². The van der Waals surface area contributed by atoms with Crippen molar-refractivity contribution < 1.29 is 0 Å². The predicted molar refractivity (Wildman–Crippen MR) is 100 cm³/mol. The van der Waals surface area contributed by atoms with Gasteiger partial charge in [-0.05, 0) is 26.0 Å². The van der Waals surface area contributed by atoms with Crippen LogP contribution in [-0.2, 0) is 6.54 Å². The molecule has 0 atom stereocenters. The molecule has 0 bridgehead atoms. The van der Waals surface area contributed by atoms with E-state index in [4.69, 9.17) is 0 Å². The first-order chi connectivity index (χ1) is 10.2. The normalized spacial score (nSPS) is 13.8. The average Bonchev–Trinajstić information content (AvgIpc) is 3.02. The van der Waals surface area contributed by atoms with E-state index in [-0.39, 0.29) is 24.0 Å². The molecule has 0 fully saturated rings. The highest BCUT2D eigenvalue weighted by molar-refractivity contribution is 14.0. The van der Waals surface area contributed by atoms with Crippen molar-refractivity contribution in [1.82, 2.24) is 20.0 Å². The number of benzene rings is 1. The number of nitrogens with zero attached hydrogens (tertiary/aromatic N) is 4. The molecule has 0 radical (unpaired) electrons. The third-order valence-electron chi connectivity index (χ3n) is 3.92. The number of halogens is 1. The van der Waals surface area contributed by atoms with Crippen LogP contribution in [0.5, 0.6) is 0 Å². The number of para-hydroxylation sites is 1. The highest BCUT2D eigenvalue weighted by Crippen LogP contribution is 2.17. The maximum Gasteiger partial charge on any atom is 0.194 e. The zero-order valence-electron chi connectivity index (χ0n) is 13.2. The Labute approximate surface area is 148 Å². The van der Waals surface area contributed by atoms with Crippen LogP contribution in [0.2, 0.25) is 0 Å². The molecule has 118 valence electrons. The summed E-state index contributed by atoms with van der Waals surface area (Å²) in [5.74, 6) is 0.973. The summed E-state index contributed by atoms with van der Waals surface area (Å²) >= 11 is 0. The van der Waals surface area contributed by atoms with Crippen molar-refractivity contribution in [2.24, 2.45) is 4.99 Å². The van der Waals surface area contributed by atoms with Gasteiger partial charge >= 0.3 is 0 Å². The second-order valence-corrected chi connectivity index (χ2v) is 5.38. The minimum absolute atomic E-state index is 0. The van der Waals surface area contributed by atoms with Crippen LogP contribution in [0.1, 0.15) is 17.0 Å². The van der Waals surface area contributed by atoms with Gasteiger partial charge in [0.25, 0.3) is 0 Å². The zero-order chi connectivity index (χ0) is 14.8. The van der Waals surface area contributed by atoms with Gasteiger partial charge in [0.2, 0.25) is 0 Å². The molecular weight excluding hydrogens is 389 g/mol. The Kier molecular flexibility index (Phi) is 5.44. The molecule has 2 heterocycles. The summed E-state index contributed by atoms with van der Waals surface area (Å²) < 4.78 is 2.01. The van der Waals surface area contributed by atoms with Crippen LogP contribution >= 0.6 is 24.0 Å². The Morgan fingerprint density at radius 1 is 1.18 bits per heavy atom. The highest BCUT2D eigenvalue weighted by Gasteiger charge is 2.16. The molecule has 1 N–H and O–H groups in total. The van der Waals surface area contributed by atoms with Crippen molar-refractivity contribution in [3.05, 3.63) is 47.3 Å². The van der Waals surface area contributed by atoms with Crippen LogP contribution < -0.4 is 5.32 Å². The van der Waals surface area contributed by atoms with E-state index in [1.54, 1.807) is 0 Å². The average molecular weight is 411 g/mol. The number of rotatable bonds is 3. The van der Waals surface area contributed by atoms with Crippen LogP contribution in [0.3, 0.4) is 0 Å².